The van der Waals surface area contributed by atoms with Gasteiger partial charge in [0.25, 0.3) is 0 Å². The molecule has 0 rings (SSSR count). The van der Waals surface area contributed by atoms with Gasteiger partial charge in [-0.3, -0.25) is 18.6 Å². The van der Waals surface area contributed by atoms with Gasteiger partial charge in [-0.25, -0.2) is 4.57 Å². The van der Waals surface area contributed by atoms with E-state index < -0.39 is 26.5 Å². The summed E-state index contributed by atoms with van der Waals surface area (Å²) in [6, 6.07) is 0. The Balaban J connectivity index is 3.84. The topological polar surface area (TPSA) is 108 Å². The van der Waals surface area contributed by atoms with E-state index in [1.165, 1.54) is 89.9 Å². The predicted molar refractivity (Wildman–Crippen MR) is 298 cm³/mol. The largest absolute Gasteiger partial charge is 0.472 e. The number of likely N-dealkylation sites (N-methyl/N-ethyl adjacent to an activating group) is 1. The van der Waals surface area contributed by atoms with Crippen LogP contribution >= 0.6 is 7.82 Å². The van der Waals surface area contributed by atoms with E-state index in [2.05, 4.69) is 111 Å². The molecule has 0 aromatic heterocycles. The first-order valence-electron chi connectivity index (χ1n) is 28.0. The number of hydrogen-bond acceptors (Lipinski definition) is 7. The number of allylic oxidation sites excluding steroid dienone is 16. The van der Waals surface area contributed by atoms with Gasteiger partial charge in [0.2, 0.25) is 0 Å². The van der Waals surface area contributed by atoms with Crippen molar-refractivity contribution in [3.05, 3.63) is 97.2 Å². The minimum absolute atomic E-state index is 0.0301. The molecule has 0 aliphatic rings. The summed E-state index contributed by atoms with van der Waals surface area (Å²) in [6.07, 6.45) is 69.8. The van der Waals surface area contributed by atoms with Gasteiger partial charge in [0, 0.05) is 12.8 Å². The normalized spacial score (nSPS) is 14.1. The quantitative estimate of drug-likeness (QED) is 0.0211. The highest BCUT2D eigenvalue weighted by molar-refractivity contribution is 7.47. The van der Waals surface area contributed by atoms with Gasteiger partial charge in [-0.15, -0.1) is 0 Å². The van der Waals surface area contributed by atoms with Gasteiger partial charge in [0.05, 0.1) is 27.7 Å². The zero-order valence-corrected chi connectivity index (χ0v) is 46.4. The average molecular weight is 999 g/mol. The van der Waals surface area contributed by atoms with Crippen LogP contribution in [0.3, 0.4) is 0 Å². The van der Waals surface area contributed by atoms with Gasteiger partial charge in [-0.05, 0) is 77.0 Å². The van der Waals surface area contributed by atoms with E-state index in [-0.39, 0.29) is 32.0 Å². The molecule has 402 valence electrons. The Kier molecular flexibility index (Phi) is 48.6. The van der Waals surface area contributed by atoms with Gasteiger partial charge < -0.3 is 18.9 Å². The predicted octanol–water partition coefficient (Wildman–Crippen LogP) is 17.3. The Morgan fingerprint density at radius 2 is 0.814 bits per heavy atom. The minimum Gasteiger partial charge on any atom is -0.462 e. The van der Waals surface area contributed by atoms with E-state index in [0.717, 1.165) is 96.3 Å². The molecule has 1 N–H and O–H groups in total. The number of rotatable bonds is 50. The summed E-state index contributed by atoms with van der Waals surface area (Å²) in [6.45, 7) is 4.21. The van der Waals surface area contributed by atoms with E-state index in [1.807, 2.05) is 21.1 Å². The third-order valence-electron chi connectivity index (χ3n) is 11.6. The lowest BCUT2D eigenvalue weighted by molar-refractivity contribution is -0.870. The molecule has 0 radical (unpaired) electrons. The highest BCUT2D eigenvalue weighted by atomic mass is 31.2. The highest BCUT2D eigenvalue weighted by Crippen LogP contribution is 2.43. The second kappa shape index (κ2) is 50.9. The molecule has 0 fully saturated rings. The first kappa shape index (κ1) is 66.9. The molecular weight excluding hydrogens is 894 g/mol. The first-order chi connectivity index (χ1) is 34.0. The van der Waals surface area contributed by atoms with Crippen LogP contribution < -0.4 is 0 Å². The Hall–Kier alpha value is -3.07. The average Bonchev–Trinajstić information content (AvgIpc) is 3.32. The molecule has 0 aromatic rings. The zero-order valence-electron chi connectivity index (χ0n) is 45.5. The van der Waals surface area contributed by atoms with Crippen LogP contribution in [0.1, 0.15) is 219 Å². The SMILES string of the molecule is CC/C=C\C/C=C\C/C=C\C/C=C\C/C=C\C/C=C\C/C=C\C/C=C\CCCCCCCCCCCCCCCCCCC(=O)OC(COC(=O)CCCCCCC)COP(=O)(O)OCC[N+](C)(C)C. The number of unbranched alkanes of at least 4 members (excludes halogenated alkanes) is 20. The summed E-state index contributed by atoms with van der Waals surface area (Å²) in [4.78, 5) is 35.1. The molecule has 0 aliphatic heterocycles. The third kappa shape index (κ3) is 54.3. The number of ether oxygens (including phenoxy) is 2. The van der Waals surface area contributed by atoms with E-state index in [9.17, 15) is 19.0 Å². The summed E-state index contributed by atoms with van der Waals surface area (Å²) >= 11 is 0. The fourth-order valence-corrected chi connectivity index (χ4v) is 8.07. The second-order valence-electron chi connectivity index (χ2n) is 19.6. The van der Waals surface area contributed by atoms with Crippen LogP contribution in [0.5, 0.6) is 0 Å². The Labute approximate surface area is 430 Å². The lowest BCUT2D eigenvalue weighted by Crippen LogP contribution is -2.37. The van der Waals surface area contributed by atoms with Crippen molar-refractivity contribution in [3.8, 4) is 0 Å². The van der Waals surface area contributed by atoms with Crippen LogP contribution in [0.2, 0.25) is 0 Å². The van der Waals surface area contributed by atoms with Crippen LogP contribution in [0.15, 0.2) is 97.2 Å². The van der Waals surface area contributed by atoms with Crippen molar-refractivity contribution < 1.29 is 42.1 Å². The summed E-state index contributed by atoms with van der Waals surface area (Å²) < 4.78 is 34.2. The van der Waals surface area contributed by atoms with Crippen molar-refractivity contribution >= 4 is 19.8 Å². The molecular formula is C60H105NO8P+. The monoisotopic (exact) mass is 999 g/mol. The Morgan fingerprint density at radius 1 is 0.457 bits per heavy atom. The highest BCUT2D eigenvalue weighted by Gasteiger charge is 2.27. The van der Waals surface area contributed by atoms with Crippen LogP contribution in [0, 0.1) is 0 Å². The van der Waals surface area contributed by atoms with Crippen molar-refractivity contribution in [2.24, 2.45) is 0 Å². The number of quaternary nitrogens is 1. The number of carbonyl (C=O) groups excluding carboxylic acids is 2. The summed E-state index contributed by atoms with van der Waals surface area (Å²) in [7, 11) is 1.47. The van der Waals surface area contributed by atoms with Crippen molar-refractivity contribution in [3.63, 3.8) is 0 Å². The third-order valence-corrected chi connectivity index (χ3v) is 12.6. The molecule has 9 nitrogen and oxygen atoms in total. The standard InChI is InChI=1S/C60H104NO8P/c1-6-8-10-12-13-14-15-16-17-18-19-20-21-22-23-24-25-26-27-28-29-30-31-32-33-34-35-36-37-38-39-40-41-42-43-44-45-46-47-49-51-53-60(63)69-58(56-66-59(62)52-50-48-11-9-7-2)57-68-70(64,65)67-55-54-61(3,4)5/h8,10,13-14,16-17,19-20,22-23,25-26,28-29,31-32,58H,6-7,9,11-12,15,18,21,24,27,30,33-57H2,1-5H3/p+1/b10-8-,14-13-,17-16-,20-19-,23-22-,26-25-,29-28-,32-31-. The Morgan fingerprint density at radius 3 is 1.21 bits per heavy atom. The first-order valence-corrected chi connectivity index (χ1v) is 29.5. The molecule has 0 aliphatic carbocycles. The molecule has 0 heterocycles. The fourth-order valence-electron chi connectivity index (χ4n) is 7.32. The maximum absolute atomic E-state index is 12.7. The Bertz CT molecular complexity index is 1500. The molecule has 0 saturated carbocycles. The lowest BCUT2D eigenvalue weighted by Gasteiger charge is -2.24. The lowest BCUT2D eigenvalue weighted by atomic mass is 10.0. The number of phosphoric ester groups is 1. The molecule has 0 aromatic carbocycles. The second-order valence-corrected chi connectivity index (χ2v) is 21.0. The van der Waals surface area contributed by atoms with E-state index in [4.69, 9.17) is 18.5 Å². The summed E-state index contributed by atoms with van der Waals surface area (Å²) in [5.41, 5.74) is 0. The summed E-state index contributed by atoms with van der Waals surface area (Å²) in [5, 5.41) is 0. The summed E-state index contributed by atoms with van der Waals surface area (Å²) in [5.74, 6) is -0.812. The van der Waals surface area contributed by atoms with Crippen LogP contribution in [-0.4, -0.2) is 74.9 Å². The van der Waals surface area contributed by atoms with Crippen LogP contribution in [0.25, 0.3) is 0 Å². The van der Waals surface area contributed by atoms with Gasteiger partial charge in [-0.1, -0.05) is 227 Å². The van der Waals surface area contributed by atoms with Crippen molar-refractivity contribution in [1.82, 2.24) is 0 Å². The fraction of sp³-hybridized carbons (Fsp3) is 0.700. The molecule has 10 heteroatoms. The van der Waals surface area contributed by atoms with Crippen LogP contribution in [0.4, 0.5) is 0 Å². The van der Waals surface area contributed by atoms with Crippen molar-refractivity contribution in [2.75, 3.05) is 47.5 Å². The molecule has 2 atom stereocenters. The maximum atomic E-state index is 12.7. The van der Waals surface area contributed by atoms with E-state index in [1.54, 1.807) is 0 Å². The molecule has 0 bridgehead atoms. The molecule has 0 saturated heterocycles. The van der Waals surface area contributed by atoms with Crippen LogP contribution in [-0.2, 0) is 32.7 Å². The van der Waals surface area contributed by atoms with Gasteiger partial charge in [0.1, 0.15) is 19.8 Å². The minimum atomic E-state index is -4.37. The van der Waals surface area contributed by atoms with Gasteiger partial charge in [0.15, 0.2) is 6.10 Å². The van der Waals surface area contributed by atoms with Gasteiger partial charge in [-0.2, -0.15) is 0 Å². The van der Waals surface area contributed by atoms with Crippen molar-refractivity contribution in [2.45, 2.75) is 225 Å². The number of carbonyl (C=O) groups is 2. The maximum Gasteiger partial charge on any atom is 0.472 e. The number of phosphoric acid groups is 1. The van der Waals surface area contributed by atoms with E-state index >= 15 is 0 Å². The molecule has 70 heavy (non-hydrogen) atoms. The smallest absolute Gasteiger partial charge is 0.462 e. The molecule has 2 unspecified atom stereocenters. The number of esters is 2. The number of nitrogens with zero attached hydrogens (tertiary/aromatic N) is 1. The number of hydrogen-bond donors (Lipinski definition) is 1. The molecule has 0 spiro atoms. The van der Waals surface area contributed by atoms with E-state index in [0.29, 0.717) is 17.4 Å². The van der Waals surface area contributed by atoms with Gasteiger partial charge >= 0.3 is 19.8 Å². The molecule has 0 amide bonds. The zero-order chi connectivity index (χ0) is 51.3. The van der Waals surface area contributed by atoms with Crippen molar-refractivity contribution in [1.29, 1.82) is 0 Å².